The first-order valence-corrected chi connectivity index (χ1v) is 6.36. The molecule has 2 aromatic carbocycles. The van der Waals surface area contributed by atoms with Crippen LogP contribution >= 0.6 is 0 Å². The molecular formula is C15H15FN2O3. The van der Waals surface area contributed by atoms with Gasteiger partial charge in [-0.15, -0.1) is 0 Å². The van der Waals surface area contributed by atoms with Crippen LogP contribution in [0.3, 0.4) is 0 Å². The monoisotopic (exact) mass is 290 g/mol. The molecule has 0 aliphatic carbocycles. The van der Waals surface area contributed by atoms with Crippen molar-refractivity contribution >= 4 is 11.4 Å². The molecule has 0 saturated carbocycles. The summed E-state index contributed by atoms with van der Waals surface area (Å²) in [6.07, 6.45) is 0. The number of ether oxygens (including phenoxy) is 1. The van der Waals surface area contributed by atoms with Gasteiger partial charge in [-0.25, -0.2) is 0 Å². The van der Waals surface area contributed by atoms with E-state index >= 15 is 0 Å². The Kier molecular flexibility index (Phi) is 4.37. The first-order valence-electron chi connectivity index (χ1n) is 6.36. The standard InChI is InChI=1S/C15H15FN2O3/c1-10(12-5-3-4-6-15(12)21-2)17-11-7-8-13(16)14(9-11)18(19)20/h3-10,17H,1-2H3. The lowest BCUT2D eigenvalue weighted by atomic mass is 10.1. The molecule has 1 unspecified atom stereocenters. The van der Waals surface area contributed by atoms with Gasteiger partial charge < -0.3 is 10.1 Å². The van der Waals surface area contributed by atoms with E-state index in [0.29, 0.717) is 11.4 Å². The maximum atomic E-state index is 13.3. The van der Waals surface area contributed by atoms with Crippen LogP contribution in [0.25, 0.3) is 0 Å². The molecule has 0 fully saturated rings. The molecule has 1 N–H and O–H groups in total. The van der Waals surface area contributed by atoms with Crippen LogP contribution in [-0.2, 0) is 0 Å². The zero-order valence-electron chi connectivity index (χ0n) is 11.7. The van der Waals surface area contributed by atoms with E-state index in [-0.39, 0.29) is 6.04 Å². The number of para-hydroxylation sites is 1. The van der Waals surface area contributed by atoms with E-state index in [2.05, 4.69) is 5.32 Å². The molecule has 1 atom stereocenters. The second-order valence-electron chi connectivity index (χ2n) is 4.53. The van der Waals surface area contributed by atoms with Crippen LogP contribution in [0.15, 0.2) is 42.5 Å². The van der Waals surface area contributed by atoms with Crippen LogP contribution in [0.4, 0.5) is 15.8 Å². The lowest BCUT2D eigenvalue weighted by Gasteiger charge is -2.18. The molecule has 0 aromatic heterocycles. The van der Waals surface area contributed by atoms with Gasteiger partial charge in [0.25, 0.3) is 0 Å². The Morgan fingerprint density at radius 1 is 1.29 bits per heavy atom. The highest BCUT2D eigenvalue weighted by Crippen LogP contribution is 2.29. The van der Waals surface area contributed by atoms with Crippen LogP contribution in [0.1, 0.15) is 18.5 Å². The van der Waals surface area contributed by atoms with Crippen molar-refractivity contribution in [2.45, 2.75) is 13.0 Å². The van der Waals surface area contributed by atoms with Gasteiger partial charge in [0.1, 0.15) is 5.75 Å². The number of nitrogens with zero attached hydrogens (tertiary/aromatic N) is 1. The topological polar surface area (TPSA) is 64.4 Å². The highest BCUT2D eigenvalue weighted by atomic mass is 19.1. The van der Waals surface area contributed by atoms with Crippen LogP contribution in [0, 0.1) is 15.9 Å². The number of benzene rings is 2. The van der Waals surface area contributed by atoms with Crippen molar-refractivity contribution in [3.8, 4) is 5.75 Å². The van der Waals surface area contributed by atoms with Gasteiger partial charge in [-0.05, 0) is 25.1 Å². The van der Waals surface area contributed by atoms with E-state index in [4.69, 9.17) is 4.74 Å². The minimum atomic E-state index is -0.851. The summed E-state index contributed by atoms with van der Waals surface area (Å²) in [4.78, 5) is 10.0. The number of hydrogen-bond acceptors (Lipinski definition) is 4. The van der Waals surface area contributed by atoms with Gasteiger partial charge in [0.15, 0.2) is 0 Å². The molecule has 2 aromatic rings. The summed E-state index contributed by atoms with van der Waals surface area (Å²) in [6, 6.07) is 11.0. The molecule has 0 aliphatic rings. The predicted molar refractivity (Wildman–Crippen MR) is 78.1 cm³/mol. The highest BCUT2D eigenvalue weighted by Gasteiger charge is 2.16. The molecule has 0 radical (unpaired) electrons. The molecule has 110 valence electrons. The Hall–Kier alpha value is -2.63. The number of anilines is 1. The van der Waals surface area contributed by atoms with Crippen molar-refractivity contribution in [2.24, 2.45) is 0 Å². The molecule has 0 spiro atoms. The predicted octanol–water partition coefficient (Wildman–Crippen LogP) is 3.92. The zero-order valence-corrected chi connectivity index (χ0v) is 11.7. The van der Waals surface area contributed by atoms with E-state index in [1.54, 1.807) is 7.11 Å². The van der Waals surface area contributed by atoms with E-state index in [9.17, 15) is 14.5 Å². The molecule has 0 aliphatic heterocycles. The quantitative estimate of drug-likeness (QED) is 0.669. The highest BCUT2D eigenvalue weighted by molar-refractivity contribution is 5.53. The second kappa shape index (κ2) is 6.21. The molecule has 21 heavy (non-hydrogen) atoms. The molecule has 0 amide bonds. The van der Waals surface area contributed by atoms with E-state index in [1.807, 2.05) is 31.2 Å². The third-order valence-corrected chi connectivity index (χ3v) is 3.13. The fourth-order valence-corrected chi connectivity index (χ4v) is 2.09. The summed E-state index contributed by atoms with van der Waals surface area (Å²) >= 11 is 0. The number of methoxy groups -OCH3 is 1. The Morgan fingerprint density at radius 2 is 2.00 bits per heavy atom. The van der Waals surface area contributed by atoms with Crippen molar-refractivity contribution in [1.82, 2.24) is 0 Å². The average Bonchev–Trinajstić information content (AvgIpc) is 2.48. The molecular weight excluding hydrogens is 275 g/mol. The number of rotatable bonds is 5. The smallest absolute Gasteiger partial charge is 0.306 e. The van der Waals surface area contributed by atoms with E-state index in [0.717, 1.165) is 11.6 Å². The van der Waals surface area contributed by atoms with Gasteiger partial charge in [0.05, 0.1) is 18.1 Å². The van der Waals surface area contributed by atoms with Crippen molar-refractivity contribution in [3.63, 3.8) is 0 Å². The van der Waals surface area contributed by atoms with Crippen LogP contribution in [0.5, 0.6) is 5.75 Å². The summed E-state index contributed by atoms with van der Waals surface area (Å²) in [7, 11) is 1.58. The van der Waals surface area contributed by atoms with Crippen molar-refractivity contribution < 1.29 is 14.1 Å². The fourth-order valence-electron chi connectivity index (χ4n) is 2.09. The van der Waals surface area contributed by atoms with Gasteiger partial charge in [-0.2, -0.15) is 4.39 Å². The number of nitro benzene ring substituents is 1. The SMILES string of the molecule is COc1ccccc1C(C)Nc1ccc(F)c([N+](=O)[O-])c1. The van der Waals surface area contributed by atoms with Crippen molar-refractivity contribution in [2.75, 3.05) is 12.4 Å². The normalized spacial score (nSPS) is 11.8. The van der Waals surface area contributed by atoms with Gasteiger partial charge in [0.2, 0.25) is 5.82 Å². The summed E-state index contributed by atoms with van der Waals surface area (Å²) in [5.74, 6) is -0.135. The number of halogens is 1. The summed E-state index contributed by atoms with van der Waals surface area (Å²) in [5.41, 5.74) is 0.834. The third kappa shape index (κ3) is 3.28. The van der Waals surface area contributed by atoms with Gasteiger partial charge in [-0.3, -0.25) is 10.1 Å². The van der Waals surface area contributed by atoms with Gasteiger partial charge in [0, 0.05) is 17.3 Å². The Bertz CT molecular complexity index is 661. The van der Waals surface area contributed by atoms with Crippen LogP contribution in [0.2, 0.25) is 0 Å². The average molecular weight is 290 g/mol. The second-order valence-corrected chi connectivity index (χ2v) is 4.53. The van der Waals surface area contributed by atoms with E-state index < -0.39 is 16.4 Å². The molecule has 2 rings (SSSR count). The third-order valence-electron chi connectivity index (χ3n) is 3.13. The maximum Gasteiger partial charge on any atom is 0.306 e. The Morgan fingerprint density at radius 3 is 2.67 bits per heavy atom. The lowest BCUT2D eigenvalue weighted by molar-refractivity contribution is -0.387. The summed E-state index contributed by atoms with van der Waals surface area (Å²) < 4.78 is 18.6. The minimum Gasteiger partial charge on any atom is -0.496 e. The molecule has 6 heteroatoms. The first-order chi connectivity index (χ1) is 10.0. The van der Waals surface area contributed by atoms with Crippen molar-refractivity contribution in [1.29, 1.82) is 0 Å². The summed E-state index contributed by atoms with van der Waals surface area (Å²) in [6.45, 7) is 1.90. The lowest BCUT2D eigenvalue weighted by Crippen LogP contribution is -2.08. The molecule has 0 heterocycles. The van der Waals surface area contributed by atoms with Crippen molar-refractivity contribution in [3.05, 3.63) is 64.0 Å². The fraction of sp³-hybridized carbons (Fsp3) is 0.200. The first kappa shape index (κ1) is 14.8. The number of nitrogens with one attached hydrogen (secondary N) is 1. The number of nitro groups is 1. The van der Waals surface area contributed by atoms with E-state index in [1.165, 1.54) is 12.1 Å². The van der Waals surface area contributed by atoms with Crippen LogP contribution < -0.4 is 10.1 Å². The molecule has 5 nitrogen and oxygen atoms in total. The van der Waals surface area contributed by atoms with Gasteiger partial charge >= 0.3 is 5.69 Å². The van der Waals surface area contributed by atoms with Crippen LogP contribution in [-0.4, -0.2) is 12.0 Å². The molecule has 0 saturated heterocycles. The summed E-state index contributed by atoms with van der Waals surface area (Å²) in [5, 5.41) is 13.9. The maximum absolute atomic E-state index is 13.3. The van der Waals surface area contributed by atoms with Gasteiger partial charge in [-0.1, -0.05) is 18.2 Å². The zero-order chi connectivity index (χ0) is 15.4. The Balaban J connectivity index is 2.25. The molecule has 0 bridgehead atoms. The largest absolute Gasteiger partial charge is 0.496 e. The number of hydrogen-bond donors (Lipinski definition) is 1. The minimum absolute atomic E-state index is 0.147. The Labute approximate surface area is 121 Å².